The number of rotatable bonds is 10. The highest BCUT2D eigenvalue weighted by Crippen LogP contribution is 2.36. The molecule has 0 radical (unpaired) electrons. The van der Waals surface area contributed by atoms with Crippen molar-refractivity contribution in [3.8, 4) is 22.9 Å². The number of aromatic amines is 1. The summed E-state index contributed by atoms with van der Waals surface area (Å²) in [6, 6.07) is 15.0. The third-order valence-electron chi connectivity index (χ3n) is 11.3. The zero-order valence-electron chi connectivity index (χ0n) is 32.7. The van der Waals surface area contributed by atoms with Crippen molar-refractivity contribution in [3.05, 3.63) is 82.8 Å². The van der Waals surface area contributed by atoms with Gasteiger partial charge in [0, 0.05) is 70.7 Å². The number of halogens is 1. The molecule has 0 saturated carbocycles. The van der Waals surface area contributed by atoms with Crippen molar-refractivity contribution in [1.29, 1.82) is 0 Å². The number of anilines is 1. The molecule has 3 aliphatic heterocycles. The first kappa shape index (κ1) is 39.0. The zero-order chi connectivity index (χ0) is 40.5. The fourth-order valence-electron chi connectivity index (χ4n) is 8.11. The van der Waals surface area contributed by atoms with Crippen molar-refractivity contribution in [1.82, 2.24) is 39.8 Å². The van der Waals surface area contributed by atoms with Gasteiger partial charge in [-0.15, -0.1) is 0 Å². The topological polar surface area (TPSA) is 168 Å². The highest BCUT2D eigenvalue weighted by molar-refractivity contribution is 6.32. The van der Waals surface area contributed by atoms with E-state index < -0.39 is 6.10 Å². The van der Waals surface area contributed by atoms with Gasteiger partial charge in [0.25, 0.3) is 5.91 Å². The van der Waals surface area contributed by atoms with Crippen LogP contribution >= 0.6 is 11.6 Å². The number of aromatic nitrogens is 5. The predicted molar refractivity (Wildman–Crippen MR) is 217 cm³/mol. The fraction of sp³-hybridized carbons (Fsp3) is 0.405. The molecule has 0 aliphatic carbocycles. The minimum Gasteiger partial charge on any atom is -0.453 e. The van der Waals surface area contributed by atoms with E-state index in [9.17, 15) is 19.2 Å². The van der Waals surface area contributed by atoms with E-state index in [1.165, 1.54) is 6.20 Å². The van der Waals surface area contributed by atoms with E-state index in [0.29, 0.717) is 84.1 Å². The molecule has 302 valence electrons. The number of imidazole rings is 1. The second kappa shape index (κ2) is 16.6. The number of hydrogen-bond donors (Lipinski definition) is 2. The zero-order valence-corrected chi connectivity index (χ0v) is 33.5. The molecule has 8 rings (SSSR count). The molecule has 3 aliphatic rings. The number of fused-ring (bicyclic) bond motifs is 1. The highest BCUT2D eigenvalue weighted by atomic mass is 35.5. The average molecular weight is 808 g/mol. The van der Waals surface area contributed by atoms with Crippen molar-refractivity contribution in [2.45, 2.75) is 51.0 Å². The number of H-pyrrole nitrogens is 1. The second-order valence-electron chi connectivity index (χ2n) is 15.4. The first-order chi connectivity index (χ1) is 28.0. The Hall–Kier alpha value is -5.80. The van der Waals surface area contributed by atoms with Gasteiger partial charge < -0.3 is 29.2 Å². The third kappa shape index (κ3) is 8.41. The molecule has 4 amide bonds. The fourth-order valence-corrected chi connectivity index (χ4v) is 8.29. The number of hydrogen-bond acceptors (Lipinski definition) is 10. The van der Waals surface area contributed by atoms with Crippen LogP contribution in [0.25, 0.3) is 22.6 Å². The Labute approximate surface area is 340 Å². The van der Waals surface area contributed by atoms with Crippen LogP contribution < -0.4 is 15.0 Å². The monoisotopic (exact) mass is 807 g/mol. The lowest BCUT2D eigenvalue weighted by Gasteiger charge is -2.36. The highest BCUT2D eigenvalue weighted by Gasteiger charge is 2.30. The van der Waals surface area contributed by atoms with Crippen LogP contribution in [0, 0.1) is 12.8 Å². The summed E-state index contributed by atoms with van der Waals surface area (Å²) in [6.07, 6.45) is 5.97. The smallest absolute Gasteiger partial charge is 0.254 e. The van der Waals surface area contributed by atoms with Crippen LogP contribution in [0.5, 0.6) is 11.5 Å². The number of benzene rings is 2. The molecule has 16 heteroatoms. The van der Waals surface area contributed by atoms with E-state index in [4.69, 9.17) is 21.1 Å². The van der Waals surface area contributed by atoms with Gasteiger partial charge in [0.05, 0.1) is 42.5 Å². The number of aryl methyl sites for hydroxylation is 2. The molecule has 2 N–H and O–H groups in total. The number of morpholine rings is 1. The summed E-state index contributed by atoms with van der Waals surface area (Å²) in [7, 11) is 3.69. The van der Waals surface area contributed by atoms with Crippen LogP contribution in [0.2, 0.25) is 5.02 Å². The number of nitrogens with one attached hydrogen (secondary N) is 2. The van der Waals surface area contributed by atoms with Crippen LogP contribution in [-0.2, 0) is 26.2 Å². The Bertz CT molecular complexity index is 2340. The number of ether oxygens (including phenoxy) is 2. The summed E-state index contributed by atoms with van der Waals surface area (Å²) < 4.78 is 13.9. The number of carbonyl (C=O) groups excluding carboxylic acids is 4. The van der Waals surface area contributed by atoms with Crippen LogP contribution in [0.3, 0.4) is 0 Å². The van der Waals surface area contributed by atoms with Gasteiger partial charge >= 0.3 is 0 Å². The van der Waals surface area contributed by atoms with E-state index in [-0.39, 0.29) is 36.0 Å². The van der Waals surface area contributed by atoms with E-state index in [2.05, 4.69) is 42.4 Å². The quantitative estimate of drug-likeness (QED) is 0.178. The summed E-state index contributed by atoms with van der Waals surface area (Å²) >= 11 is 6.53. The van der Waals surface area contributed by atoms with E-state index in [1.54, 1.807) is 38.7 Å². The summed E-state index contributed by atoms with van der Waals surface area (Å²) in [5, 5.41) is 7.14. The van der Waals surface area contributed by atoms with Crippen LogP contribution in [-0.4, -0.2) is 111 Å². The Morgan fingerprint density at radius 3 is 2.50 bits per heavy atom. The lowest BCUT2D eigenvalue weighted by atomic mass is 9.90. The normalized spacial score (nSPS) is 19.0. The lowest BCUT2D eigenvalue weighted by Crippen LogP contribution is -2.47. The second-order valence-corrected chi connectivity index (χ2v) is 15.8. The largest absolute Gasteiger partial charge is 0.453 e. The van der Waals surface area contributed by atoms with Crippen molar-refractivity contribution >= 4 is 52.1 Å². The average Bonchev–Trinajstić information content (AvgIpc) is 3.81. The molecule has 2 atom stereocenters. The summed E-state index contributed by atoms with van der Waals surface area (Å²) in [5.74, 6) is 0.957. The summed E-state index contributed by atoms with van der Waals surface area (Å²) in [4.78, 5) is 68.9. The van der Waals surface area contributed by atoms with Gasteiger partial charge in [-0.25, -0.2) is 9.97 Å². The maximum absolute atomic E-state index is 13.6. The van der Waals surface area contributed by atoms with Gasteiger partial charge in [-0.1, -0.05) is 23.7 Å². The van der Waals surface area contributed by atoms with Gasteiger partial charge in [-0.3, -0.25) is 29.2 Å². The Balaban J connectivity index is 0.810. The Morgan fingerprint density at radius 2 is 1.79 bits per heavy atom. The van der Waals surface area contributed by atoms with Gasteiger partial charge in [-0.05, 0) is 74.1 Å². The molecule has 58 heavy (non-hydrogen) atoms. The molecule has 15 nitrogen and oxygen atoms in total. The molecule has 1 unspecified atom stereocenters. The third-order valence-corrected chi connectivity index (χ3v) is 11.6. The minimum atomic E-state index is -0.397. The maximum atomic E-state index is 13.6. The molecule has 5 aromatic rings. The van der Waals surface area contributed by atoms with Crippen LogP contribution in [0.1, 0.15) is 59.6 Å². The van der Waals surface area contributed by atoms with Crippen molar-refractivity contribution in [2.75, 3.05) is 51.3 Å². The number of pyridine rings is 1. The molecule has 2 aromatic carbocycles. The van der Waals surface area contributed by atoms with Gasteiger partial charge in [0.15, 0.2) is 11.4 Å². The van der Waals surface area contributed by atoms with Crippen LogP contribution in [0.4, 0.5) is 5.69 Å². The van der Waals surface area contributed by atoms with Crippen molar-refractivity contribution in [3.63, 3.8) is 0 Å². The number of piperidine rings is 2. The molecule has 0 spiro atoms. The number of imide groups is 1. The first-order valence-corrected chi connectivity index (χ1v) is 20.0. The van der Waals surface area contributed by atoms with E-state index in [0.717, 1.165) is 48.4 Å². The lowest BCUT2D eigenvalue weighted by molar-refractivity contribution is -0.136. The van der Waals surface area contributed by atoms with Gasteiger partial charge in [0.1, 0.15) is 22.1 Å². The molecule has 6 heterocycles. The van der Waals surface area contributed by atoms with E-state index >= 15 is 0 Å². The molecule has 0 bridgehead atoms. The van der Waals surface area contributed by atoms with E-state index in [1.807, 2.05) is 39.3 Å². The Kier molecular flexibility index (Phi) is 11.2. The van der Waals surface area contributed by atoms with Gasteiger partial charge in [-0.2, -0.15) is 5.10 Å². The maximum Gasteiger partial charge on any atom is 0.254 e. The van der Waals surface area contributed by atoms with Crippen LogP contribution in [0.15, 0.2) is 60.9 Å². The number of nitrogens with zero attached hydrogens (tertiary/aromatic N) is 7. The Morgan fingerprint density at radius 1 is 1.03 bits per heavy atom. The minimum absolute atomic E-state index is 0.00360. The summed E-state index contributed by atoms with van der Waals surface area (Å²) in [6.45, 7) is 5.41. The predicted octanol–water partition coefficient (Wildman–Crippen LogP) is 5.24. The number of amides is 4. The van der Waals surface area contributed by atoms with Crippen molar-refractivity contribution in [2.24, 2.45) is 13.0 Å². The first-order valence-electron chi connectivity index (χ1n) is 19.6. The molecular weight excluding hydrogens is 762 g/mol. The standard InChI is InChI=1S/C42H46ClN9O6/c1-25-33(24-50(3)48-25)39-46-37-38(34(43)21-44-40(37)47-39)58-30-10-6-28(7-11-30)42(56)52-18-19-57-31(23-52)20-36(54)49(2)22-26-14-16-51(17-15-26)29-8-4-27(5-9-29)32-12-13-35(53)45-41(32)55/h4-11,21,24,26,31-32H,12-20,22-23H2,1-3H3,(H,44,46,47)(H,45,53,55)/t31?,32-/m0/s1. The molecule has 3 fully saturated rings. The van der Waals surface area contributed by atoms with Crippen molar-refractivity contribution < 1.29 is 28.7 Å². The summed E-state index contributed by atoms with van der Waals surface area (Å²) in [5.41, 5.74) is 5.18. The SMILES string of the molecule is Cc1nn(C)cc1-c1nc2ncc(Cl)c(Oc3ccc(C(=O)N4CCOC(CC(=O)N(C)CC5CCN(c6ccc([C@@H]7CCC(=O)NC7=O)cc6)CC5)C4)cc3)c2[nH]1. The molecule has 3 aromatic heterocycles. The molecular formula is C42H46ClN9O6. The number of carbonyl (C=O) groups is 4. The molecule has 3 saturated heterocycles. The van der Waals surface area contributed by atoms with Gasteiger partial charge in [0.2, 0.25) is 17.7 Å².